The van der Waals surface area contributed by atoms with Crippen LogP contribution in [-0.4, -0.2) is 47.8 Å². The summed E-state index contributed by atoms with van der Waals surface area (Å²) in [6, 6.07) is 18.2. The molecule has 1 saturated heterocycles. The molecule has 1 aliphatic heterocycles. The quantitative estimate of drug-likeness (QED) is 0.681. The van der Waals surface area contributed by atoms with Crippen LogP contribution in [0.2, 0.25) is 0 Å². The normalized spacial score (nSPS) is 14.4. The second-order valence-corrected chi connectivity index (χ2v) is 7.11. The fourth-order valence-electron chi connectivity index (χ4n) is 3.53. The molecule has 3 aromatic carbocycles. The van der Waals surface area contributed by atoms with Gasteiger partial charge in [0, 0.05) is 37.3 Å². The van der Waals surface area contributed by atoms with Gasteiger partial charge in [-0.25, -0.2) is 4.39 Å². The van der Waals surface area contributed by atoms with E-state index in [1.54, 1.807) is 28.9 Å². The number of fused-ring (bicyclic) bond motifs is 1. The molecule has 1 fully saturated rings. The Hall–Kier alpha value is -3.21. The smallest absolute Gasteiger partial charge is 0.254 e. The lowest BCUT2D eigenvalue weighted by Gasteiger charge is -2.35. The second kappa shape index (κ2) is 7.43. The first-order valence-corrected chi connectivity index (χ1v) is 9.36. The van der Waals surface area contributed by atoms with Crippen molar-refractivity contribution in [2.24, 2.45) is 0 Å². The second-order valence-electron chi connectivity index (χ2n) is 7.11. The molecule has 4 rings (SSSR count). The molecule has 1 heterocycles. The molecule has 0 unspecified atom stereocenters. The molecule has 4 nitrogen and oxygen atoms in total. The number of amides is 2. The van der Waals surface area contributed by atoms with E-state index in [9.17, 15) is 14.0 Å². The molecule has 142 valence electrons. The van der Waals surface area contributed by atoms with E-state index in [0.29, 0.717) is 42.9 Å². The van der Waals surface area contributed by atoms with Crippen molar-refractivity contribution in [3.63, 3.8) is 0 Å². The summed E-state index contributed by atoms with van der Waals surface area (Å²) in [6.45, 7) is 3.47. The van der Waals surface area contributed by atoms with Gasteiger partial charge in [0.1, 0.15) is 5.82 Å². The zero-order valence-electron chi connectivity index (χ0n) is 15.7. The van der Waals surface area contributed by atoms with Crippen LogP contribution in [0.15, 0.2) is 60.7 Å². The molecule has 3 aromatic rings. The zero-order valence-corrected chi connectivity index (χ0v) is 15.7. The fraction of sp³-hybridized carbons (Fsp3) is 0.217. The number of piperazine rings is 1. The molecule has 1 aliphatic rings. The van der Waals surface area contributed by atoms with E-state index in [1.807, 2.05) is 42.5 Å². The van der Waals surface area contributed by atoms with Crippen LogP contribution in [0.3, 0.4) is 0 Å². The van der Waals surface area contributed by atoms with Crippen molar-refractivity contribution in [2.45, 2.75) is 6.92 Å². The Labute approximate surface area is 163 Å². The Bertz CT molecular complexity index is 1060. The van der Waals surface area contributed by atoms with Crippen LogP contribution < -0.4 is 0 Å². The minimum atomic E-state index is -0.379. The first-order chi connectivity index (χ1) is 13.5. The number of rotatable bonds is 2. The number of carbonyl (C=O) groups excluding carboxylic acids is 2. The van der Waals surface area contributed by atoms with E-state index in [4.69, 9.17) is 0 Å². The summed E-state index contributed by atoms with van der Waals surface area (Å²) >= 11 is 0. The molecule has 2 amide bonds. The van der Waals surface area contributed by atoms with Crippen molar-refractivity contribution >= 4 is 22.6 Å². The SMILES string of the molecule is Cc1ccc(C(=O)N2CCN(C(=O)c3ccc4ccccc4c3)CC2)cc1F. The summed E-state index contributed by atoms with van der Waals surface area (Å²) in [7, 11) is 0. The topological polar surface area (TPSA) is 40.6 Å². The van der Waals surface area contributed by atoms with Gasteiger partial charge < -0.3 is 9.80 Å². The van der Waals surface area contributed by atoms with Gasteiger partial charge in [-0.05, 0) is 47.5 Å². The van der Waals surface area contributed by atoms with Crippen LogP contribution in [0, 0.1) is 12.7 Å². The molecule has 0 radical (unpaired) electrons. The van der Waals surface area contributed by atoms with E-state index >= 15 is 0 Å². The van der Waals surface area contributed by atoms with Crippen molar-refractivity contribution in [3.8, 4) is 0 Å². The summed E-state index contributed by atoms with van der Waals surface area (Å²) in [5.74, 6) is -0.605. The largest absolute Gasteiger partial charge is 0.335 e. The monoisotopic (exact) mass is 376 g/mol. The van der Waals surface area contributed by atoms with E-state index in [-0.39, 0.29) is 17.6 Å². The Morgan fingerprint density at radius 1 is 0.750 bits per heavy atom. The van der Waals surface area contributed by atoms with Gasteiger partial charge in [-0.1, -0.05) is 36.4 Å². The van der Waals surface area contributed by atoms with Crippen molar-refractivity contribution in [2.75, 3.05) is 26.2 Å². The van der Waals surface area contributed by atoms with Gasteiger partial charge in [0.25, 0.3) is 11.8 Å². The Balaban J connectivity index is 1.43. The summed E-state index contributed by atoms with van der Waals surface area (Å²) < 4.78 is 13.7. The van der Waals surface area contributed by atoms with Crippen LogP contribution >= 0.6 is 0 Å². The van der Waals surface area contributed by atoms with Gasteiger partial charge in [-0.15, -0.1) is 0 Å². The summed E-state index contributed by atoms with van der Waals surface area (Å²) in [5, 5.41) is 2.13. The Kier molecular flexibility index (Phi) is 4.82. The van der Waals surface area contributed by atoms with Gasteiger partial charge in [0.15, 0.2) is 0 Å². The Morgan fingerprint density at radius 3 is 1.89 bits per heavy atom. The molecule has 0 atom stereocenters. The molecule has 5 heteroatoms. The van der Waals surface area contributed by atoms with Crippen molar-refractivity contribution < 1.29 is 14.0 Å². The first kappa shape index (κ1) is 18.2. The minimum Gasteiger partial charge on any atom is -0.335 e. The highest BCUT2D eigenvalue weighted by Crippen LogP contribution is 2.18. The zero-order chi connectivity index (χ0) is 19.7. The van der Waals surface area contributed by atoms with Gasteiger partial charge in [0.05, 0.1) is 0 Å². The number of aryl methyl sites for hydroxylation is 1. The molecular formula is C23H21FN2O2. The lowest BCUT2D eigenvalue weighted by Crippen LogP contribution is -2.50. The van der Waals surface area contributed by atoms with Crippen molar-refractivity contribution in [1.82, 2.24) is 9.80 Å². The van der Waals surface area contributed by atoms with E-state index in [2.05, 4.69) is 0 Å². The molecule has 0 spiro atoms. The lowest BCUT2D eigenvalue weighted by molar-refractivity contribution is 0.0535. The number of nitrogens with zero attached hydrogens (tertiary/aromatic N) is 2. The van der Waals surface area contributed by atoms with Crippen molar-refractivity contribution in [3.05, 3.63) is 83.2 Å². The number of halogens is 1. The molecule has 0 aromatic heterocycles. The van der Waals surface area contributed by atoms with Gasteiger partial charge in [-0.3, -0.25) is 9.59 Å². The van der Waals surface area contributed by atoms with E-state index in [0.717, 1.165) is 10.8 Å². The van der Waals surface area contributed by atoms with Crippen LogP contribution in [0.5, 0.6) is 0 Å². The van der Waals surface area contributed by atoms with Crippen LogP contribution in [-0.2, 0) is 0 Å². The maximum absolute atomic E-state index is 13.7. The lowest BCUT2D eigenvalue weighted by atomic mass is 10.1. The first-order valence-electron chi connectivity index (χ1n) is 9.36. The standard InChI is InChI=1S/C23H21FN2O2/c1-16-6-7-20(15-21(16)24)23(28)26-12-10-25(11-13-26)22(27)19-9-8-17-4-2-3-5-18(17)14-19/h2-9,14-15H,10-13H2,1H3. The maximum Gasteiger partial charge on any atom is 0.254 e. The average Bonchev–Trinajstić information content (AvgIpc) is 2.74. The highest BCUT2D eigenvalue weighted by atomic mass is 19.1. The van der Waals surface area contributed by atoms with Gasteiger partial charge in [-0.2, -0.15) is 0 Å². The van der Waals surface area contributed by atoms with E-state index in [1.165, 1.54) is 6.07 Å². The summed E-state index contributed by atoms with van der Waals surface area (Å²) in [5.41, 5.74) is 1.51. The number of hydrogen-bond donors (Lipinski definition) is 0. The number of carbonyl (C=O) groups is 2. The molecular weight excluding hydrogens is 355 g/mol. The predicted molar refractivity (Wildman–Crippen MR) is 107 cm³/mol. The number of benzene rings is 3. The van der Waals surface area contributed by atoms with Crippen LogP contribution in [0.4, 0.5) is 4.39 Å². The fourth-order valence-corrected chi connectivity index (χ4v) is 3.53. The third kappa shape index (κ3) is 3.48. The highest BCUT2D eigenvalue weighted by molar-refractivity contribution is 5.99. The maximum atomic E-state index is 13.7. The highest BCUT2D eigenvalue weighted by Gasteiger charge is 2.26. The average molecular weight is 376 g/mol. The van der Waals surface area contributed by atoms with Gasteiger partial charge in [0.2, 0.25) is 0 Å². The summed E-state index contributed by atoms with van der Waals surface area (Å²) in [6.07, 6.45) is 0. The third-order valence-electron chi connectivity index (χ3n) is 5.27. The summed E-state index contributed by atoms with van der Waals surface area (Å²) in [4.78, 5) is 28.9. The van der Waals surface area contributed by atoms with Gasteiger partial charge >= 0.3 is 0 Å². The molecule has 28 heavy (non-hydrogen) atoms. The van der Waals surface area contributed by atoms with Crippen LogP contribution in [0.25, 0.3) is 10.8 Å². The number of hydrogen-bond acceptors (Lipinski definition) is 2. The molecule has 0 saturated carbocycles. The minimum absolute atomic E-state index is 0.0285. The molecule has 0 aliphatic carbocycles. The third-order valence-corrected chi connectivity index (χ3v) is 5.27. The molecule has 0 bridgehead atoms. The molecule has 0 N–H and O–H groups in total. The predicted octanol–water partition coefficient (Wildman–Crippen LogP) is 3.89. The van der Waals surface area contributed by atoms with Crippen LogP contribution in [0.1, 0.15) is 26.3 Å². The van der Waals surface area contributed by atoms with E-state index < -0.39 is 0 Å². The van der Waals surface area contributed by atoms with Crippen molar-refractivity contribution in [1.29, 1.82) is 0 Å². The Morgan fingerprint density at radius 2 is 1.29 bits per heavy atom.